The topological polar surface area (TPSA) is 43.8 Å². The van der Waals surface area contributed by atoms with Gasteiger partial charge in [0, 0.05) is 11.0 Å². The summed E-state index contributed by atoms with van der Waals surface area (Å²) in [7, 11) is 0. The summed E-state index contributed by atoms with van der Waals surface area (Å²) in [5.74, 6) is 2.34. The first-order valence-corrected chi connectivity index (χ1v) is 8.38. The standard InChI is InChI=1S/C16H22BrN3/c1-2-11-3-5-12(6-4-11)10-20-15-9-13(17)7-8-14(15)19-16(20)18/h7-9,11-12H,2-6,10H2,1H3,(H2,18,19). The van der Waals surface area contributed by atoms with Crippen molar-refractivity contribution in [3.8, 4) is 0 Å². The molecule has 0 unspecified atom stereocenters. The van der Waals surface area contributed by atoms with Gasteiger partial charge in [-0.1, -0.05) is 42.1 Å². The highest BCUT2D eigenvalue weighted by Gasteiger charge is 2.21. The van der Waals surface area contributed by atoms with Crippen LogP contribution in [0, 0.1) is 11.8 Å². The fourth-order valence-electron chi connectivity index (χ4n) is 3.39. The Morgan fingerprint density at radius 3 is 2.65 bits per heavy atom. The van der Waals surface area contributed by atoms with Crippen molar-refractivity contribution in [1.82, 2.24) is 9.55 Å². The van der Waals surface area contributed by atoms with Crippen molar-refractivity contribution in [3.63, 3.8) is 0 Å². The molecule has 4 heteroatoms. The second-order valence-electron chi connectivity index (χ2n) is 6.01. The molecule has 0 aliphatic heterocycles. The minimum absolute atomic E-state index is 0.649. The molecule has 1 fully saturated rings. The van der Waals surface area contributed by atoms with Crippen LogP contribution in [0.2, 0.25) is 0 Å². The Hall–Kier alpha value is -1.03. The van der Waals surface area contributed by atoms with E-state index in [-0.39, 0.29) is 0 Å². The molecule has 0 radical (unpaired) electrons. The van der Waals surface area contributed by atoms with Gasteiger partial charge in [0.1, 0.15) is 0 Å². The number of hydrogen-bond acceptors (Lipinski definition) is 2. The van der Waals surface area contributed by atoms with Crippen LogP contribution in [0.3, 0.4) is 0 Å². The van der Waals surface area contributed by atoms with Gasteiger partial charge in [-0.05, 0) is 42.9 Å². The lowest BCUT2D eigenvalue weighted by atomic mass is 9.81. The van der Waals surface area contributed by atoms with Gasteiger partial charge in [0.25, 0.3) is 0 Å². The van der Waals surface area contributed by atoms with Gasteiger partial charge in [-0.15, -0.1) is 0 Å². The number of nitrogens with two attached hydrogens (primary N) is 1. The Labute approximate surface area is 128 Å². The number of benzene rings is 1. The van der Waals surface area contributed by atoms with Gasteiger partial charge in [0.2, 0.25) is 5.95 Å². The largest absolute Gasteiger partial charge is 0.369 e. The summed E-state index contributed by atoms with van der Waals surface area (Å²) in [4.78, 5) is 4.47. The molecule has 1 saturated carbocycles. The van der Waals surface area contributed by atoms with E-state index in [0.717, 1.165) is 33.9 Å². The fraction of sp³-hybridized carbons (Fsp3) is 0.562. The van der Waals surface area contributed by atoms with Crippen LogP contribution in [0.4, 0.5) is 5.95 Å². The summed E-state index contributed by atoms with van der Waals surface area (Å²) in [5.41, 5.74) is 8.25. The normalized spacial score (nSPS) is 23.3. The molecule has 0 saturated heterocycles. The SMILES string of the molecule is CCC1CCC(Cn2c(N)nc3ccc(Br)cc32)CC1. The minimum atomic E-state index is 0.649. The Morgan fingerprint density at radius 1 is 1.25 bits per heavy atom. The number of nitrogen functional groups attached to an aromatic ring is 1. The third kappa shape index (κ3) is 2.71. The number of nitrogens with zero attached hydrogens (tertiary/aromatic N) is 2. The minimum Gasteiger partial charge on any atom is -0.369 e. The summed E-state index contributed by atoms with van der Waals surface area (Å²) in [5, 5.41) is 0. The molecular formula is C16H22BrN3. The van der Waals surface area contributed by atoms with Crippen molar-refractivity contribution in [2.45, 2.75) is 45.6 Å². The number of aromatic nitrogens is 2. The predicted octanol–water partition coefficient (Wildman–Crippen LogP) is 4.60. The molecule has 1 aromatic heterocycles. The number of halogens is 1. The molecule has 1 aliphatic carbocycles. The van der Waals surface area contributed by atoms with Crippen molar-refractivity contribution in [2.24, 2.45) is 11.8 Å². The molecule has 3 rings (SSSR count). The molecule has 0 spiro atoms. The molecule has 20 heavy (non-hydrogen) atoms. The zero-order valence-electron chi connectivity index (χ0n) is 12.0. The smallest absolute Gasteiger partial charge is 0.201 e. The van der Waals surface area contributed by atoms with Gasteiger partial charge >= 0.3 is 0 Å². The van der Waals surface area contributed by atoms with E-state index in [2.05, 4.69) is 38.5 Å². The molecule has 2 N–H and O–H groups in total. The third-order valence-electron chi connectivity index (χ3n) is 4.72. The van der Waals surface area contributed by atoms with E-state index in [1.807, 2.05) is 12.1 Å². The highest BCUT2D eigenvalue weighted by atomic mass is 79.9. The van der Waals surface area contributed by atoms with E-state index >= 15 is 0 Å². The second-order valence-corrected chi connectivity index (χ2v) is 6.92. The Balaban J connectivity index is 1.80. The molecule has 3 nitrogen and oxygen atoms in total. The lowest BCUT2D eigenvalue weighted by Gasteiger charge is -2.28. The van der Waals surface area contributed by atoms with E-state index in [1.54, 1.807) is 0 Å². The van der Waals surface area contributed by atoms with Crippen molar-refractivity contribution >= 4 is 32.9 Å². The van der Waals surface area contributed by atoms with Gasteiger partial charge in [-0.2, -0.15) is 0 Å². The zero-order valence-corrected chi connectivity index (χ0v) is 13.6. The summed E-state index contributed by atoms with van der Waals surface area (Å²) < 4.78 is 3.28. The fourth-order valence-corrected chi connectivity index (χ4v) is 3.74. The highest BCUT2D eigenvalue weighted by molar-refractivity contribution is 9.10. The molecule has 1 aliphatic rings. The molecule has 0 bridgehead atoms. The van der Waals surface area contributed by atoms with E-state index in [4.69, 9.17) is 5.73 Å². The van der Waals surface area contributed by atoms with Gasteiger partial charge < -0.3 is 10.3 Å². The van der Waals surface area contributed by atoms with Crippen LogP contribution in [0.25, 0.3) is 11.0 Å². The van der Waals surface area contributed by atoms with Gasteiger partial charge in [-0.3, -0.25) is 0 Å². The molecule has 1 heterocycles. The molecule has 108 valence electrons. The van der Waals surface area contributed by atoms with Gasteiger partial charge in [0.15, 0.2) is 0 Å². The number of fused-ring (bicyclic) bond motifs is 1. The molecule has 2 aromatic rings. The van der Waals surface area contributed by atoms with Crippen molar-refractivity contribution in [1.29, 1.82) is 0 Å². The van der Waals surface area contributed by atoms with E-state index in [9.17, 15) is 0 Å². The van der Waals surface area contributed by atoms with E-state index < -0.39 is 0 Å². The van der Waals surface area contributed by atoms with Gasteiger partial charge in [0.05, 0.1) is 11.0 Å². The van der Waals surface area contributed by atoms with Crippen LogP contribution < -0.4 is 5.73 Å². The van der Waals surface area contributed by atoms with Crippen LogP contribution in [0.15, 0.2) is 22.7 Å². The summed E-state index contributed by atoms with van der Waals surface area (Å²) >= 11 is 3.54. The number of anilines is 1. The zero-order chi connectivity index (χ0) is 14.1. The summed E-state index contributed by atoms with van der Waals surface area (Å²) in [6.45, 7) is 3.32. The number of rotatable bonds is 3. The lowest BCUT2D eigenvalue weighted by molar-refractivity contribution is 0.250. The quantitative estimate of drug-likeness (QED) is 0.890. The van der Waals surface area contributed by atoms with Crippen LogP contribution in [-0.2, 0) is 6.54 Å². The molecule has 0 amide bonds. The van der Waals surface area contributed by atoms with Crippen molar-refractivity contribution in [3.05, 3.63) is 22.7 Å². The summed E-state index contributed by atoms with van der Waals surface area (Å²) in [6, 6.07) is 6.17. The van der Waals surface area contributed by atoms with Crippen LogP contribution >= 0.6 is 15.9 Å². The highest BCUT2D eigenvalue weighted by Crippen LogP contribution is 2.33. The Morgan fingerprint density at radius 2 is 1.95 bits per heavy atom. The van der Waals surface area contributed by atoms with Crippen molar-refractivity contribution < 1.29 is 0 Å². The van der Waals surface area contributed by atoms with Crippen molar-refractivity contribution in [2.75, 3.05) is 5.73 Å². The van der Waals surface area contributed by atoms with Gasteiger partial charge in [-0.25, -0.2) is 4.98 Å². The van der Waals surface area contributed by atoms with Crippen LogP contribution in [0.1, 0.15) is 39.0 Å². The molecule has 1 aromatic carbocycles. The lowest BCUT2D eigenvalue weighted by Crippen LogP contribution is -2.19. The Kier molecular flexibility index (Phi) is 4.01. The second kappa shape index (κ2) is 5.76. The maximum Gasteiger partial charge on any atom is 0.201 e. The van der Waals surface area contributed by atoms with E-state index in [1.165, 1.54) is 32.1 Å². The maximum atomic E-state index is 6.11. The first kappa shape index (κ1) is 13.9. The first-order chi connectivity index (χ1) is 9.67. The van der Waals surface area contributed by atoms with Crippen LogP contribution in [-0.4, -0.2) is 9.55 Å². The maximum absolute atomic E-state index is 6.11. The Bertz CT molecular complexity index is 597. The average Bonchev–Trinajstić information content (AvgIpc) is 2.76. The molecular weight excluding hydrogens is 314 g/mol. The van der Waals surface area contributed by atoms with E-state index in [0.29, 0.717) is 5.95 Å². The first-order valence-electron chi connectivity index (χ1n) is 7.58. The summed E-state index contributed by atoms with van der Waals surface area (Å²) in [6.07, 6.45) is 6.72. The predicted molar refractivity (Wildman–Crippen MR) is 87.6 cm³/mol. The molecule has 0 atom stereocenters. The van der Waals surface area contributed by atoms with Crippen LogP contribution in [0.5, 0.6) is 0 Å². The average molecular weight is 336 g/mol. The third-order valence-corrected chi connectivity index (χ3v) is 5.22. The number of hydrogen-bond donors (Lipinski definition) is 1. The monoisotopic (exact) mass is 335 g/mol. The number of imidazole rings is 1.